The van der Waals surface area contributed by atoms with Crippen molar-refractivity contribution in [2.75, 3.05) is 6.54 Å². The molecular formula is C17H26BrN. The van der Waals surface area contributed by atoms with E-state index in [1.165, 1.54) is 41.3 Å². The molecular weight excluding hydrogens is 298 g/mol. The molecule has 0 heterocycles. The van der Waals surface area contributed by atoms with Crippen molar-refractivity contribution in [1.29, 1.82) is 0 Å². The highest BCUT2D eigenvalue weighted by atomic mass is 79.9. The van der Waals surface area contributed by atoms with Gasteiger partial charge in [-0.1, -0.05) is 48.7 Å². The Hall–Kier alpha value is -0.340. The molecule has 1 saturated carbocycles. The SMILES string of the molecule is CCNC(c1cc(Br)ccc1C)C1CCCC(C)C1. The Morgan fingerprint density at radius 2 is 2.16 bits per heavy atom. The van der Waals surface area contributed by atoms with Gasteiger partial charge in [-0.05, 0) is 61.4 Å². The summed E-state index contributed by atoms with van der Waals surface area (Å²) in [5, 5.41) is 3.74. The maximum absolute atomic E-state index is 3.74. The van der Waals surface area contributed by atoms with Crippen LogP contribution in [0, 0.1) is 18.8 Å². The van der Waals surface area contributed by atoms with Crippen molar-refractivity contribution < 1.29 is 0 Å². The first-order valence-corrected chi connectivity index (χ1v) is 8.40. The highest BCUT2D eigenvalue weighted by Gasteiger charge is 2.28. The summed E-state index contributed by atoms with van der Waals surface area (Å²) in [5.74, 6) is 1.67. The van der Waals surface area contributed by atoms with Gasteiger partial charge in [-0.3, -0.25) is 0 Å². The fourth-order valence-corrected chi connectivity index (χ4v) is 3.86. The van der Waals surface area contributed by atoms with E-state index in [1.807, 2.05) is 0 Å². The van der Waals surface area contributed by atoms with Crippen molar-refractivity contribution in [1.82, 2.24) is 5.32 Å². The molecule has 0 aromatic heterocycles. The van der Waals surface area contributed by atoms with Gasteiger partial charge in [0.1, 0.15) is 0 Å². The third-order valence-electron chi connectivity index (χ3n) is 4.45. The normalized spacial score (nSPS) is 25.3. The predicted molar refractivity (Wildman–Crippen MR) is 86.4 cm³/mol. The third-order valence-corrected chi connectivity index (χ3v) is 4.94. The van der Waals surface area contributed by atoms with Gasteiger partial charge in [-0.2, -0.15) is 0 Å². The standard InChI is InChI=1S/C17H26BrN/c1-4-19-17(14-7-5-6-12(2)10-14)16-11-15(18)9-8-13(16)3/h8-9,11-12,14,17,19H,4-7,10H2,1-3H3. The lowest BCUT2D eigenvalue weighted by Crippen LogP contribution is -2.31. The van der Waals surface area contributed by atoms with Gasteiger partial charge >= 0.3 is 0 Å². The van der Waals surface area contributed by atoms with Crippen LogP contribution < -0.4 is 5.32 Å². The summed E-state index contributed by atoms with van der Waals surface area (Å²) in [7, 11) is 0. The Morgan fingerprint density at radius 3 is 2.84 bits per heavy atom. The molecule has 1 N–H and O–H groups in total. The Bertz CT molecular complexity index is 416. The lowest BCUT2D eigenvalue weighted by molar-refractivity contribution is 0.225. The van der Waals surface area contributed by atoms with Crippen LogP contribution in [-0.4, -0.2) is 6.54 Å². The molecule has 0 radical (unpaired) electrons. The third kappa shape index (κ3) is 3.82. The first-order valence-electron chi connectivity index (χ1n) is 7.61. The predicted octanol–water partition coefficient (Wildman–Crippen LogP) is 5.23. The quantitative estimate of drug-likeness (QED) is 0.799. The molecule has 3 atom stereocenters. The Kier molecular flexibility index (Phi) is 5.47. The minimum absolute atomic E-state index is 0.519. The zero-order chi connectivity index (χ0) is 13.8. The van der Waals surface area contributed by atoms with Gasteiger partial charge < -0.3 is 5.32 Å². The molecule has 0 aliphatic heterocycles. The van der Waals surface area contributed by atoms with E-state index in [0.29, 0.717) is 6.04 Å². The van der Waals surface area contributed by atoms with E-state index in [4.69, 9.17) is 0 Å². The number of hydrogen-bond acceptors (Lipinski definition) is 1. The summed E-state index contributed by atoms with van der Waals surface area (Å²) in [4.78, 5) is 0. The average molecular weight is 324 g/mol. The maximum atomic E-state index is 3.74. The zero-order valence-corrected chi connectivity index (χ0v) is 14.0. The number of aryl methyl sites for hydroxylation is 1. The summed E-state index contributed by atoms with van der Waals surface area (Å²) < 4.78 is 1.19. The monoisotopic (exact) mass is 323 g/mol. The van der Waals surface area contributed by atoms with Gasteiger partial charge in [0.15, 0.2) is 0 Å². The molecule has 1 aliphatic carbocycles. The molecule has 0 spiro atoms. The fraction of sp³-hybridized carbons (Fsp3) is 0.647. The molecule has 1 nitrogen and oxygen atoms in total. The van der Waals surface area contributed by atoms with Crippen LogP contribution >= 0.6 is 15.9 Å². The highest BCUT2D eigenvalue weighted by molar-refractivity contribution is 9.10. The van der Waals surface area contributed by atoms with Crippen molar-refractivity contribution in [2.24, 2.45) is 11.8 Å². The van der Waals surface area contributed by atoms with Crippen LogP contribution in [0.1, 0.15) is 56.7 Å². The summed E-state index contributed by atoms with van der Waals surface area (Å²) in [6.07, 6.45) is 5.53. The van der Waals surface area contributed by atoms with Crippen LogP contribution in [0.5, 0.6) is 0 Å². The first kappa shape index (κ1) is 15.1. The van der Waals surface area contributed by atoms with Gasteiger partial charge in [0.05, 0.1) is 0 Å². The van der Waals surface area contributed by atoms with E-state index in [2.05, 4.69) is 60.2 Å². The number of nitrogens with one attached hydrogen (secondary N) is 1. The van der Waals surface area contributed by atoms with Crippen LogP contribution in [0.2, 0.25) is 0 Å². The maximum Gasteiger partial charge on any atom is 0.0351 e. The summed E-state index contributed by atoms with van der Waals surface area (Å²) in [5.41, 5.74) is 2.89. The molecule has 3 unspecified atom stereocenters. The molecule has 19 heavy (non-hydrogen) atoms. The largest absolute Gasteiger partial charge is 0.310 e. The second-order valence-corrected chi connectivity index (χ2v) is 6.98. The molecule has 0 bridgehead atoms. The Morgan fingerprint density at radius 1 is 1.37 bits per heavy atom. The minimum atomic E-state index is 0.519. The van der Waals surface area contributed by atoms with Gasteiger partial charge in [0, 0.05) is 10.5 Å². The van der Waals surface area contributed by atoms with Crippen LogP contribution in [0.4, 0.5) is 0 Å². The minimum Gasteiger partial charge on any atom is -0.310 e. The van der Waals surface area contributed by atoms with Crippen molar-refractivity contribution in [3.63, 3.8) is 0 Å². The van der Waals surface area contributed by atoms with E-state index >= 15 is 0 Å². The first-order chi connectivity index (χ1) is 9.11. The van der Waals surface area contributed by atoms with Gasteiger partial charge in [-0.25, -0.2) is 0 Å². The number of halogens is 1. The molecule has 0 amide bonds. The van der Waals surface area contributed by atoms with E-state index in [1.54, 1.807) is 0 Å². The van der Waals surface area contributed by atoms with Crippen LogP contribution in [-0.2, 0) is 0 Å². The summed E-state index contributed by atoms with van der Waals surface area (Å²) in [6.45, 7) is 7.90. The molecule has 1 aliphatic rings. The second kappa shape index (κ2) is 6.90. The molecule has 2 rings (SSSR count). The highest BCUT2D eigenvalue weighted by Crippen LogP contribution is 2.38. The number of hydrogen-bond donors (Lipinski definition) is 1. The molecule has 1 aromatic rings. The average Bonchev–Trinajstić information content (AvgIpc) is 2.39. The fourth-order valence-electron chi connectivity index (χ4n) is 3.48. The molecule has 0 saturated heterocycles. The van der Waals surface area contributed by atoms with E-state index < -0.39 is 0 Å². The van der Waals surface area contributed by atoms with E-state index in [-0.39, 0.29) is 0 Å². The molecule has 106 valence electrons. The van der Waals surface area contributed by atoms with Crippen LogP contribution in [0.3, 0.4) is 0 Å². The van der Waals surface area contributed by atoms with Gasteiger partial charge in [0.25, 0.3) is 0 Å². The van der Waals surface area contributed by atoms with Crippen LogP contribution in [0.25, 0.3) is 0 Å². The Labute approximate surface area is 126 Å². The number of rotatable bonds is 4. The summed E-state index contributed by atoms with van der Waals surface area (Å²) in [6, 6.07) is 7.20. The van der Waals surface area contributed by atoms with Crippen molar-refractivity contribution in [3.8, 4) is 0 Å². The molecule has 2 heteroatoms. The summed E-state index contributed by atoms with van der Waals surface area (Å²) >= 11 is 3.62. The van der Waals surface area contributed by atoms with E-state index in [9.17, 15) is 0 Å². The van der Waals surface area contributed by atoms with Gasteiger partial charge in [-0.15, -0.1) is 0 Å². The van der Waals surface area contributed by atoms with E-state index in [0.717, 1.165) is 18.4 Å². The molecule has 1 aromatic carbocycles. The van der Waals surface area contributed by atoms with Crippen molar-refractivity contribution >= 4 is 15.9 Å². The topological polar surface area (TPSA) is 12.0 Å². The van der Waals surface area contributed by atoms with Gasteiger partial charge in [0.2, 0.25) is 0 Å². The zero-order valence-electron chi connectivity index (χ0n) is 12.4. The lowest BCUT2D eigenvalue weighted by atomic mass is 9.76. The smallest absolute Gasteiger partial charge is 0.0351 e. The Balaban J connectivity index is 2.25. The lowest BCUT2D eigenvalue weighted by Gasteiger charge is -2.35. The number of benzene rings is 1. The van der Waals surface area contributed by atoms with Crippen LogP contribution in [0.15, 0.2) is 22.7 Å². The second-order valence-electron chi connectivity index (χ2n) is 6.07. The van der Waals surface area contributed by atoms with Crippen molar-refractivity contribution in [3.05, 3.63) is 33.8 Å². The van der Waals surface area contributed by atoms with Crippen molar-refractivity contribution in [2.45, 2.75) is 52.5 Å². The molecule has 1 fully saturated rings.